The van der Waals surface area contributed by atoms with Gasteiger partial charge in [0.15, 0.2) is 0 Å². The quantitative estimate of drug-likeness (QED) is 0.743. The minimum atomic E-state index is 0.402. The highest BCUT2D eigenvalue weighted by atomic mass is 79.9. The standard InChI is InChI=1S/C15H11BrN4/c1-9-2-5-13(11(16)6-9)20-14-7-10(8-17)3-4-12(14)19-15(20)18/h2-7H,1H3,(H2,18,19). The third-order valence-corrected chi connectivity index (χ3v) is 3.79. The molecule has 0 fully saturated rings. The number of fused-ring (bicyclic) bond motifs is 1. The Hall–Kier alpha value is -2.32. The molecule has 2 aromatic carbocycles. The van der Waals surface area contributed by atoms with Crippen LogP contribution in [0.25, 0.3) is 16.7 Å². The Labute approximate surface area is 124 Å². The van der Waals surface area contributed by atoms with Gasteiger partial charge in [-0.15, -0.1) is 0 Å². The molecule has 0 aliphatic carbocycles. The minimum Gasteiger partial charge on any atom is -0.369 e. The van der Waals surface area contributed by atoms with Gasteiger partial charge in [-0.05, 0) is 58.7 Å². The third-order valence-electron chi connectivity index (χ3n) is 3.15. The average Bonchev–Trinajstić information content (AvgIpc) is 2.74. The summed E-state index contributed by atoms with van der Waals surface area (Å²) in [5.74, 6) is 0.402. The molecule has 98 valence electrons. The van der Waals surface area contributed by atoms with Gasteiger partial charge in [0.1, 0.15) is 0 Å². The van der Waals surface area contributed by atoms with Crippen LogP contribution in [0.15, 0.2) is 40.9 Å². The van der Waals surface area contributed by atoms with E-state index in [2.05, 4.69) is 27.0 Å². The first kappa shape index (κ1) is 12.7. The highest BCUT2D eigenvalue weighted by Gasteiger charge is 2.13. The summed E-state index contributed by atoms with van der Waals surface area (Å²) in [4.78, 5) is 4.34. The molecule has 0 aliphatic rings. The number of rotatable bonds is 1. The Morgan fingerprint density at radius 1 is 1.25 bits per heavy atom. The molecule has 1 heterocycles. The van der Waals surface area contributed by atoms with Crippen LogP contribution in [-0.4, -0.2) is 9.55 Å². The molecule has 0 spiro atoms. The first-order chi connectivity index (χ1) is 9.60. The number of aryl methyl sites for hydroxylation is 1. The molecule has 0 saturated heterocycles. The molecule has 3 aromatic rings. The number of hydrogen-bond donors (Lipinski definition) is 1. The van der Waals surface area contributed by atoms with Crippen LogP contribution in [0.5, 0.6) is 0 Å². The molecule has 4 nitrogen and oxygen atoms in total. The molecule has 1 aromatic heterocycles. The molecule has 20 heavy (non-hydrogen) atoms. The summed E-state index contributed by atoms with van der Waals surface area (Å²) in [6.45, 7) is 2.03. The number of aromatic nitrogens is 2. The lowest BCUT2D eigenvalue weighted by atomic mass is 10.2. The van der Waals surface area contributed by atoms with E-state index in [4.69, 9.17) is 11.0 Å². The normalized spacial score (nSPS) is 10.7. The van der Waals surface area contributed by atoms with Gasteiger partial charge in [0.25, 0.3) is 0 Å². The molecule has 3 rings (SSSR count). The molecule has 0 atom stereocenters. The van der Waals surface area contributed by atoms with Crippen LogP contribution >= 0.6 is 15.9 Å². The number of hydrogen-bond acceptors (Lipinski definition) is 3. The average molecular weight is 327 g/mol. The van der Waals surface area contributed by atoms with Crippen LogP contribution in [0.1, 0.15) is 11.1 Å². The number of nitrogen functional groups attached to an aromatic ring is 1. The maximum absolute atomic E-state index is 9.04. The number of anilines is 1. The Kier molecular flexibility index (Phi) is 2.96. The fourth-order valence-corrected chi connectivity index (χ4v) is 2.88. The maximum atomic E-state index is 9.04. The van der Waals surface area contributed by atoms with Crippen LogP contribution in [0.2, 0.25) is 0 Å². The van der Waals surface area contributed by atoms with Gasteiger partial charge in [-0.3, -0.25) is 4.57 Å². The van der Waals surface area contributed by atoms with Gasteiger partial charge in [0, 0.05) is 4.47 Å². The topological polar surface area (TPSA) is 67.6 Å². The summed E-state index contributed by atoms with van der Waals surface area (Å²) >= 11 is 3.55. The lowest BCUT2D eigenvalue weighted by Crippen LogP contribution is -2.01. The summed E-state index contributed by atoms with van der Waals surface area (Å²) in [6, 6.07) is 13.5. The Morgan fingerprint density at radius 2 is 2.05 bits per heavy atom. The van der Waals surface area contributed by atoms with E-state index in [1.54, 1.807) is 12.1 Å². The Morgan fingerprint density at radius 3 is 2.75 bits per heavy atom. The van der Waals surface area contributed by atoms with Crippen molar-refractivity contribution in [1.29, 1.82) is 5.26 Å². The Balaban J connectivity index is 2.35. The van der Waals surface area contributed by atoms with E-state index in [0.717, 1.165) is 26.8 Å². The van der Waals surface area contributed by atoms with Gasteiger partial charge >= 0.3 is 0 Å². The van der Waals surface area contributed by atoms with E-state index in [-0.39, 0.29) is 0 Å². The number of nitriles is 1. The van der Waals surface area contributed by atoms with Crippen molar-refractivity contribution in [2.75, 3.05) is 5.73 Å². The number of nitrogens with zero attached hydrogens (tertiary/aromatic N) is 3. The number of benzene rings is 2. The minimum absolute atomic E-state index is 0.402. The van der Waals surface area contributed by atoms with E-state index in [0.29, 0.717) is 11.5 Å². The van der Waals surface area contributed by atoms with Crippen molar-refractivity contribution in [2.45, 2.75) is 6.92 Å². The van der Waals surface area contributed by atoms with Crippen LogP contribution in [0.3, 0.4) is 0 Å². The molecule has 0 aliphatic heterocycles. The molecule has 0 radical (unpaired) electrons. The number of halogens is 1. The first-order valence-electron chi connectivity index (χ1n) is 6.05. The van der Waals surface area contributed by atoms with Crippen molar-refractivity contribution >= 4 is 32.9 Å². The predicted molar refractivity (Wildman–Crippen MR) is 82.6 cm³/mol. The second-order valence-corrected chi connectivity index (χ2v) is 5.43. The number of nitrogens with two attached hydrogens (primary N) is 1. The highest BCUT2D eigenvalue weighted by molar-refractivity contribution is 9.10. The molecular formula is C15H11BrN4. The fraction of sp³-hybridized carbons (Fsp3) is 0.0667. The van der Waals surface area contributed by atoms with E-state index in [1.165, 1.54) is 0 Å². The third kappa shape index (κ3) is 1.95. The van der Waals surface area contributed by atoms with Crippen LogP contribution in [0.4, 0.5) is 5.95 Å². The van der Waals surface area contributed by atoms with Crippen molar-refractivity contribution in [3.05, 3.63) is 52.0 Å². The molecule has 5 heteroatoms. The molecule has 0 amide bonds. The molecule has 0 bridgehead atoms. The van der Waals surface area contributed by atoms with Crippen LogP contribution < -0.4 is 5.73 Å². The summed E-state index contributed by atoms with van der Waals surface area (Å²) < 4.78 is 2.78. The maximum Gasteiger partial charge on any atom is 0.205 e. The lowest BCUT2D eigenvalue weighted by molar-refractivity contribution is 1.10. The second-order valence-electron chi connectivity index (χ2n) is 4.58. The molecule has 0 unspecified atom stereocenters. The van der Waals surface area contributed by atoms with Crippen molar-refractivity contribution in [3.63, 3.8) is 0 Å². The van der Waals surface area contributed by atoms with Gasteiger partial charge in [-0.25, -0.2) is 4.98 Å². The van der Waals surface area contributed by atoms with Crippen molar-refractivity contribution in [1.82, 2.24) is 9.55 Å². The largest absolute Gasteiger partial charge is 0.369 e. The Bertz CT molecular complexity index is 858. The van der Waals surface area contributed by atoms with Gasteiger partial charge < -0.3 is 5.73 Å². The first-order valence-corrected chi connectivity index (χ1v) is 6.84. The number of imidazole rings is 1. The monoisotopic (exact) mass is 326 g/mol. The van der Waals surface area contributed by atoms with E-state index >= 15 is 0 Å². The van der Waals surface area contributed by atoms with Gasteiger partial charge in [0.2, 0.25) is 5.95 Å². The zero-order valence-electron chi connectivity index (χ0n) is 10.8. The van der Waals surface area contributed by atoms with Gasteiger partial charge in [-0.2, -0.15) is 5.26 Å². The highest BCUT2D eigenvalue weighted by Crippen LogP contribution is 2.29. The van der Waals surface area contributed by atoms with Gasteiger partial charge in [0.05, 0.1) is 28.4 Å². The van der Waals surface area contributed by atoms with Crippen molar-refractivity contribution in [3.8, 4) is 11.8 Å². The lowest BCUT2D eigenvalue weighted by Gasteiger charge is -2.09. The van der Waals surface area contributed by atoms with Crippen LogP contribution in [-0.2, 0) is 0 Å². The SMILES string of the molecule is Cc1ccc(-n2c(N)nc3ccc(C#N)cc32)c(Br)c1. The van der Waals surface area contributed by atoms with E-state index in [9.17, 15) is 0 Å². The summed E-state index contributed by atoms with van der Waals surface area (Å²) in [5, 5.41) is 9.04. The van der Waals surface area contributed by atoms with Crippen molar-refractivity contribution in [2.24, 2.45) is 0 Å². The van der Waals surface area contributed by atoms with Crippen LogP contribution in [0, 0.1) is 18.3 Å². The van der Waals surface area contributed by atoms with Crippen molar-refractivity contribution < 1.29 is 0 Å². The second kappa shape index (κ2) is 4.66. The molecule has 2 N–H and O–H groups in total. The summed E-state index contributed by atoms with van der Waals surface area (Å²) in [5.41, 5.74) is 10.3. The summed E-state index contributed by atoms with van der Waals surface area (Å²) in [6.07, 6.45) is 0. The molecule has 0 saturated carbocycles. The summed E-state index contributed by atoms with van der Waals surface area (Å²) in [7, 11) is 0. The van der Waals surface area contributed by atoms with Gasteiger partial charge in [-0.1, -0.05) is 6.07 Å². The molecular weight excluding hydrogens is 316 g/mol. The smallest absolute Gasteiger partial charge is 0.205 e. The predicted octanol–water partition coefficient (Wildman–Crippen LogP) is 3.55. The zero-order chi connectivity index (χ0) is 14.3. The zero-order valence-corrected chi connectivity index (χ0v) is 12.3. The van der Waals surface area contributed by atoms with E-state index < -0.39 is 0 Å². The van der Waals surface area contributed by atoms with E-state index in [1.807, 2.05) is 35.8 Å². The fourth-order valence-electron chi connectivity index (χ4n) is 2.21.